The maximum absolute atomic E-state index is 12.6. The number of benzene rings is 2. The molecule has 0 fully saturated rings. The van der Waals surface area contributed by atoms with Gasteiger partial charge in [0.05, 0.1) is 10.5 Å². The minimum absolute atomic E-state index is 0.00257. The first-order valence-corrected chi connectivity index (χ1v) is 6.96. The molecule has 0 aromatic heterocycles. The number of nitrogens with one attached hydrogen (secondary N) is 1. The van der Waals surface area contributed by atoms with E-state index in [2.05, 4.69) is 5.32 Å². The van der Waals surface area contributed by atoms with E-state index >= 15 is 0 Å². The van der Waals surface area contributed by atoms with Crippen molar-refractivity contribution in [1.29, 1.82) is 0 Å². The van der Waals surface area contributed by atoms with Crippen molar-refractivity contribution in [1.82, 2.24) is 0 Å². The number of halogens is 3. The van der Waals surface area contributed by atoms with Crippen molar-refractivity contribution < 1.29 is 22.9 Å². The number of Topliss-reactive ketones (excluding diaryl/α,β-unsaturated/α-hetero) is 1. The second-order valence-corrected chi connectivity index (χ2v) is 4.99. The van der Waals surface area contributed by atoms with Crippen LogP contribution >= 0.6 is 0 Å². The number of anilines is 1. The average Bonchev–Trinajstić information content (AvgIpc) is 2.54. The lowest BCUT2D eigenvalue weighted by molar-refractivity contribution is -0.384. The molecule has 0 aliphatic carbocycles. The van der Waals surface area contributed by atoms with Crippen LogP contribution in [0.25, 0.3) is 0 Å². The normalized spacial score (nSPS) is 11.1. The van der Waals surface area contributed by atoms with E-state index in [4.69, 9.17) is 0 Å². The smallest absolute Gasteiger partial charge is 0.385 e. The number of hydrogen-bond donors (Lipinski definition) is 1. The lowest BCUT2D eigenvalue weighted by Crippen LogP contribution is -2.10. The molecular formula is C16H13F3N2O3. The minimum Gasteiger partial charge on any atom is -0.385 e. The summed E-state index contributed by atoms with van der Waals surface area (Å²) in [6.07, 6.45) is -4.44. The van der Waals surface area contributed by atoms with Gasteiger partial charge in [-0.25, -0.2) is 0 Å². The summed E-state index contributed by atoms with van der Waals surface area (Å²) in [5, 5.41) is 13.4. The van der Waals surface area contributed by atoms with Crippen molar-refractivity contribution in [3.63, 3.8) is 0 Å². The van der Waals surface area contributed by atoms with Gasteiger partial charge in [-0.2, -0.15) is 13.2 Å². The zero-order valence-electron chi connectivity index (χ0n) is 12.3. The van der Waals surface area contributed by atoms with Crippen molar-refractivity contribution in [3.8, 4) is 0 Å². The number of carbonyl (C=O) groups excluding carboxylic acids is 1. The van der Waals surface area contributed by atoms with Gasteiger partial charge < -0.3 is 5.32 Å². The fourth-order valence-electron chi connectivity index (χ4n) is 2.06. The van der Waals surface area contributed by atoms with Crippen LogP contribution in [0.15, 0.2) is 48.5 Å². The Hall–Kier alpha value is -2.90. The monoisotopic (exact) mass is 338 g/mol. The zero-order valence-corrected chi connectivity index (χ0v) is 12.3. The maximum Gasteiger partial charge on any atom is 0.416 e. The van der Waals surface area contributed by atoms with E-state index in [-0.39, 0.29) is 35.7 Å². The molecule has 2 aromatic carbocycles. The number of rotatable bonds is 6. The number of carbonyl (C=O) groups is 1. The molecule has 0 bridgehead atoms. The number of alkyl halides is 3. The minimum atomic E-state index is -4.43. The predicted molar refractivity (Wildman–Crippen MR) is 82.0 cm³/mol. The molecule has 8 heteroatoms. The molecule has 0 spiro atoms. The molecule has 0 saturated carbocycles. The Bertz CT molecular complexity index is 760. The SMILES string of the molecule is O=C(CCNc1cccc(C(F)(F)F)c1)c1cccc([N+](=O)[O-])c1. The van der Waals surface area contributed by atoms with Gasteiger partial charge in [0, 0.05) is 36.3 Å². The van der Waals surface area contributed by atoms with Crippen LogP contribution in [0, 0.1) is 10.1 Å². The Labute approximate surface area is 135 Å². The highest BCUT2D eigenvalue weighted by molar-refractivity contribution is 5.96. The van der Waals surface area contributed by atoms with E-state index in [9.17, 15) is 28.1 Å². The van der Waals surface area contributed by atoms with Crippen molar-refractivity contribution in [2.75, 3.05) is 11.9 Å². The van der Waals surface area contributed by atoms with Gasteiger partial charge in [0.15, 0.2) is 5.78 Å². The summed E-state index contributed by atoms with van der Waals surface area (Å²) in [4.78, 5) is 22.1. The zero-order chi connectivity index (χ0) is 17.7. The first kappa shape index (κ1) is 17.5. The lowest BCUT2D eigenvalue weighted by atomic mass is 10.1. The summed E-state index contributed by atoms with van der Waals surface area (Å²) in [5.74, 6) is -0.335. The Morgan fingerprint density at radius 2 is 1.83 bits per heavy atom. The Morgan fingerprint density at radius 3 is 2.50 bits per heavy atom. The van der Waals surface area contributed by atoms with Crippen LogP contribution in [0.3, 0.4) is 0 Å². The molecule has 0 aliphatic rings. The van der Waals surface area contributed by atoms with Crippen molar-refractivity contribution >= 4 is 17.2 Å². The van der Waals surface area contributed by atoms with Crippen LogP contribution in [0.1, 0.15) is 22.3 Å². The van der Waals surface area contributed by atoms with Gasteiger partial charge in [-0.1, -0.05) is 18.2 Å². The Morgan fingerprint density at radius 1 is 1.12 bits per heavy atom. The molecule has 5 nitrogen and oxygen atoms in total. The molecular weight excluding hydrogens is 325 g/mol. The van der Waals surface area contributed by atoms with Crippen molar-refractivity contribution in [2.45, 2.75) is 12.6 Å². The molecule has 0 amide bonds. The largest absolute Gasteiger partial charge is 0.416 e. The van der Waals surface area contributed by atoms with Gasteiger partial charge >= 0.3 is 6.18 Å². The molecule has 0 radical (unpaired) electrons. The molecule has 0 unspecified atom stereocenters. The highest BCUT2D eigenvalue weighted by Crippen LogP contribution is 2.30. The van der Waals surface area contributed by atoms with E-state index in [0.29, 0.717) is 0 Å². The van der Waals surface area contributed by atoms with Crippen LogP contribution in [-0.4, -0.2) is 17.3 Å². The molecule has 24 heavy (non-hydrogen) atoms. The summed E-state index contributed by atoms with van der Waals surface area (Å²) in [6, 6.07) is 9.97. The van der Waals surface area contributed by atoms with Crippen LogP contribution < -0.4 is 5.32 Å². The number of nitro benzene ring substituents is 1. The van der Waals surface area contributed by atoms with E-state index in [1.165, 1.54) is 36.4 Å². The molecule has 0 saturated heterocycles. The topological polar surface area (TPSA) is 72.2 Å². The fourth-order valence-corrected chi connectivity index (χ4v) is 2.06. The molecule has 0 heterocycles. The van der Waals surface area contributed by atoms with Gasteiger partial charge in [-0.05, 0) is 18.2 Å². The lowest BCUT2D eigenvalue weighted by Gasteiger charge is -2.10. The first-order valence-electron chi connectivity index (χ1n) is 6.96. The molecule has 0 aliphatic heterocycles. The summed E-state index contributed by atoms with van der Waals surface area (Å²) in [6.45, 7) is 0.114. The average molecular weight is 338 g/mol. The third-order valence-electron chi connectivity index (χ3n) is 3.25. The Kier molecular flexibility index (Phi) is 5.18. The van der Waals surface area contributed by atoms with Crippen LogP contribution in [0.4, 0.5) is 24.5 Å². The number of nitro groups is 1. The van der Waals surface area contributed by atoms with Gasteiger partial charge in [-0.3, -0.25) is 14.9 Å². The first-order chi connectivity index (χ1) is 11.3. The summed E-state index contributed by atoms with van der Waals surface area (Å²) < 4.78 is 37.8. The van der Waals surface area contributed by atoms with E-state index in [1.54, 1.807) is 0 Å². The third kappa shape index (κ3) is 4.55. The molecule has 2 aromatic rings. The van der Waals surface area contributed by atoms with Crippen molar-refractivity contribution in [2.24, 2.45) is 0 Å². The maximum atomic E-state index is 12.6. The second kappa shape index (κ2) is 7.12. The van der Waals surface area contributed by atoms with E-state index < -0.39 is 16.7 Å². The Balaban J connectivity index is 1.96. The second-order valence-electron chi connectivity index (χ2n) is 4.99. The fraction of sp³-hybridized carbons (Fsp3) is 0.188. The molecule has 0 atom stereocenters. The van der Waals surface area contributed by atoms with Crippen LogP contribution in [-0.2, 0) is 6.18 Å². The summed E-state index contributed by atoms with van der Waals surface area (Å²) in [5.41, 5.74) is -0.532. The van der Waals surface area contributed by atoms with Gasteiger partial charge in [-0.15, -0.1) is 0 Å². The molecule has 1 N–H and O–H groups in total. The quantitative estimate of drug-likeness (QED) is 0.484. The molecule has 2 rings (SSSR count). The summed E-state index contributed by atoms with van der Waals surface area (Å²) >= 11 is 0. The van der Waals surface area contributed by atoms with Crippen molar-refractivity contribution in [3.05, 3.63) is 69.8 Å². The highest BCUT2D eigenvalue weighted by atomic mass is 19.4. The predicted octanol–water partition coefficient (Wildman–Crippen LogP) is 4.30. The van der Waals surface area contributed by atoms with Gasteiger partial charge in [0.1, 0.15) is 0 Å². The number of ketones is 1. The highest BCUT2D eigenvalue weighted by Gasteiger charge is 2.30. The number of non-ortho nitro benzene ring substituents is 1. The third-order valence-corrected chi connectivity index (χ3v) is 3.25. The standard InChI is InChI=1S/C16H13F3N2O3/c17-16(18,19)12-4-2-5-13(10-12)20-8-7-15(22)11-3-1-6-14(9-11)21(23)24/h1-6,9-10,20H,7-8H2. The summed E-state index contributed by atoms with van der Waals surface area (Å²) in [7, 11) is 0. The van der Waals surface area contributed by atoms with Crippen LogP contribution in [0.2, 0.25) is 0 Å². The van der Waals surface area contributed by atoms with Gasteiger partial charge in [0.2, 0.25) is 0 Å². The number of hydrogen-bond acceptors (Lipinski definition) is 4. The van der Waals surface area contributed by atoms with Gasteiger partial charge in [0.25, 0.3) is 5.69 Å². The van der Waals surface area contributed by atoms with Crippen LogP contribution in [0.5, 0.6) is 0 Å². The molecule has 126 valence electrons. The number of nitrogens with zero attached hydrogens (tertiary/aromatic N) is 1. The van der Waals surface area contributed by atoms with E-state index in [1.807, 2.05) is 0 Å². The van der Waals surface area contributed by atoms with E-state index in [0.717, 1.165) is 12.1 Å².